The molecule has 0 aromatic heterocycles. The number of hydrogen-bond acceptors (Lipinski definition) is 0. The Balaban J connectivity index is 0. The summed E-state index contributed by atoms with van der Waals surface area (Å²) in [4.78, 5) is 0. The molecule has 0 nitrogen and oxygen atoms in total. The normalized spacial score (nSPS) is 0. The quantitative estimate of drug-likeness (QED) is 0.321. The largest absolute Gasteiger partial charge is 0 e. The van der Waals surface area contributed by atoms with Crippen LogP contribution < -0.4 is 0 Å². The predicted octanol–water partition coefficient (Wildman–Crippen LogP) is 0. The van der Waals surface area contributed by atoms with E-state index in [0.29, 0.717) is 0 Å². The van der Waals surface area contributed by atoms with Crippen molar-refractivity contribution < 1.29 is 0 Å². The molecule has 0 radical (unpaired) electrons. The van der Waals surface area contributed by atoms with E-state index >= 15 is 0 Å². The minimum Gasteiger partial charge on any atom is 0 e. The summed E-state index contributed by atoms with van der Waals surface area (Å²) in [6, 6.07) is 0. The first-order valence-corrected chi connectivity index (χ1v) is 0. The van der Waals surface area contributed by atoms with Crippen LogP contribution in [-0.2, 0) is 0 Å². The molecule has 0 amide bonds. The van der Waals surface area contributed by atoms with Gasteiger partial charge in [0.05, 0.1) is 0 Å². The van der Waals surface area contributed by atoms with Crippen molar-refractivity contribution >= 4 is 0 Å². The second kappa shape index (κ2) is -0.00104. The molecule has 0 rings (SSSR count). The van der Waals surface area contributed by atoms with E-state index in [4.69, 9.17) is 0 Å². The smallest absolute Gasteiger partial charge is 0 e. The van der Waals surface area contributed by atoms with Gasteiger partial charge < -0.3 is 0 Å². The van der Waals surface area contributed by atoms with Crippen molar-refractivity contribution in [2.75, 3.05) is 0 Å². The zero-order chi connectivity index (χ0) is 0. The molecule has 0 atom stereocenters. The first-order valence-electron chi connectivity index (χ1n) is 0. The molecule has 0 saturated carbocycles. The minimum atomic E-state index is 0. The molecule has 0 aliphatic rings. The molecule has 0 spiro atoms. The van der Waals surface area contributed by atoms with Crippen molar-refractivity contribution in [3.8, 4) is 0 Å². The van der Waals surface area contributed by atoms with Crippen LogP contribution in [0.4, 0.5) is 0 Å². The molecule has 0 N–H and O–H groups in total. The third-order valence-electron chi connectivity index (χ3n) is 0. The van der Waals surface area contributed by atoms with Crippen molar-refractivity contribution in [3.05, 3.63) is 0 Å². The fourth-order valence-electron chi connectivity index (χ4n) is 0. The maximum atomic E-state index is 0. The maximum Gasteiger partial charge on any atom is 0 e. The van der Waals surface area contributed by atoms with E-state index in [-0.39, 0.29) is 0 Å². The zero-order valence-corrected chi connectivity index (χ0v) is 441. The standard InChI is InChI=1S/62Rf. The second-order valence-electron chi connectivity index (χ2n) is 0. The summed E-state index contributed by atoms with van der Waals surface area (Å²) in [5.74, 6) is 0. The van der Waals surface area contributed by atoms with Gasteiger partial charge in [-0.1, -0.05) is 0 Å². The third-order valence-corrected chi connectivity index (χ3v) is 0. The Morgan fingerprint density at radius 2 is 0.0161 bits per heavy atom. The van der Waals surface area contributed by atoms with Gasteiger partial charge in [-0.25, -0.2) is 0 Å². The zero-order valence-electron chi connectivity index (χ0n) is 43.8. The predicted molar refractivity (Wildman–Crippen MR) is 0 cm³/mol. The molecule has 0 unspecified atom stereocenters. The minimum absolute atomic E-state index is 0. The Kier molecular flexibility index (Phi) is 0. The van der Waals surface area contributed by atoms with Crippen LogP contribution in [0.5, 0.6) is 0 Å². The molecule has 0 aliphatic carbocycles. The van der Waals surface area contributed by atoms with Gasteiger partial charge in [0.2, 0.25) is 0 Å². The Morgan fingerprint density at radius 3 is 0.0161 bits per heavy atom. The van der Waals surface area contributed by atoms with E-state index < -0.39 is 0 Å². The maximum absolute atomic E-state index is 0. The fourth-order valence-corrected chi connectivity index (χ4v) is 0. The molecule has 0 heterocycles. The van der Waals surface area contributed by atoms with Crippen LogP contribution in [-0.4, -0.2) is 0 Å². The van der Waals surface area contributed by atoms with Gasteiger partial charge in [0.1, 0.15) is 0 Å². The van der Waals surface area contributed by atoms with Crippen molar-refractivity contribution in [1.82, 2.24) is 0 Å². The van der Waals surface area contributed by atoms with Crippen LogP contribution in [0.15, 0.2) is 0 Å². The topological polar surface area (TPSA) is 0 Å². The van der Waals surface area contributed by atoms with Gasteiger partial charge in [-0.2, -0.15) is 0 Å². The summed E-state index contributed by atoms with van der Waals surface area (Å²) in [5, 5.41) is 0. The van der Waals surface area contributed by atoms with Crippen LogP contribution in [0.25, 0.3) is 0 Å². The molecule has 0 fully saturated rings. The monoisotopic (exact) mass is 16600 g/mol. The summed E-state index contributed by atoms with van der Waals surface area (Å²) in [6.45, 7) is 0. The summed E-state index contributed by atoms with van der Waals surface area (Å²) >= 11 is 0. The Morgan fingerprint density at radius 1 is 0.0161 bits per heavy atom. The SMILES string of the molecule is [Rf].[Rf].[Rf].[Rf].[Rf].[Rf].[Rf].[Rf].[Rf].[Rf].[Rf].[Rf].[Rf].[Rf].[Rf].[Rf].[Rf].[Rf].[Rf].[Rf].[Rf].[Rf].[Rf].[Rf].[Rf].[Rf].[Rf].[Rf].[Rf].[Rf].[Rf].[Rf].[Rf].[Rf].[Rf].[Rf].[Rf].[Rf].[Rf].[Rf].[Rf].[Rf].[Rf].[Rf].[Rf].[Rf].[Rf].[Rf].[Rf].[Rf].[Rf].[Rf].[Rf].[Rf].[Rf].[Rf].[Rf].[Rf].[Rf].[Rf].[Rf].[Rf]. The van der Waals surface area contributed by atoms with Crippen molar-refractivity contribution in [1.29, 1.82) is 0 Å². The Hall–Kier alpha value is -62.0. The molecule has 0 aromatic carbocycles. The Labute approximate surface area is 0 Å². The van der Waals surface area contributed by atoms with Crippen LogP contribution in [0, 0.1) is 0 Å². The van der Waals surface area contributed by atoms with Crippen LogP contribution in [0.2, 0.25) is 0 Å². The summed E-state index contributed by atoms with van der Waals surface area (Å²) in [7, 11) is 0. The molecule has 0 aromatic rings. The van der Waals surface area contributed by atoms with Gasteiger partial charge in [0.15, 0.2) is 0 Å². The van der Waals surface area contributed by atoms with E-state index in [0.717, 1.165) is 0 Å². The van der Waals surface area contributed by atoms with E-state index in [1.807, 2.05) is 0 Å². The number of rotatable bonds is 0. The van der Waals surface area contributed by atoms with Gasteiger partial charge in [0.25, 0.3) is 0 Å². The second-order valence-corrected chi connectivity index (χ2v) is 0. The summed E-state index contributed by atoms with van der Waals surface area (Å²) in [5.41, 5.74) is 0. The van der Waals surface area contributed by atoms with E-state index in [1.165, 1.54) is 0 Å². The molecule has 62 heavy (non-hydrogen) atoms. The third kappa shape index (κ3) is -0.00468. The molecular formula is Rf62. The van der Waals surface area contributed by atoms with Gasteiger partial charge in [-0.15, -0.1) is 0 Å². The average molecular weight is 16600 g/mol. The molecule has 0 bridgehead atoms. The van der Waals surface area contributed by atoms with Crippen molar-refractivity contribution in [2.45, 2.75) is 0 Å². The summed E-state index contributed by atoms with van der Waals surface area (Å²) < 4.78 is 0. The van der Waals surface area contributed by atoms with E-state index in [9.17, 15) is 0 Å². The van der Waals surface area contributed by atoms with Gasteiger partial charge in [0, 0.05) is 0 Å². The van der Waals surface area contributed by atoms with Crippen LogP contribution >= 0.6 is 0 Å². The van der Waals surface area contributed by atoms with Crippen molar-refractivity contribution in [2.24, 2.45) is 0 Å². The van der Waals surface area contributed by atoms with Crippen molar-refractivity contribution in [3.63, 3.8) is 0 Å². The molecule has 62 heteroatoms. The number of hydrogen-bond donors (Lipinski definition) is 0. The Bertz CT molecular complexity index is 0. The summed E-state index contributed by atoms with van der Waals surface area (Å²) in [6.07, 6.45) is 0. The van der Waals surface area contributed by atoms with Crippen LogP contribution in [0.3, 0.4) is 0 Å². The molecule has 124 valence electrons. The first kappa shape index (κ1) is 0. The van der Waals surface area contributed by atoms with Gasteiger partial charge in [-0.05, 0) is 0 Å². The average Bonchev–Trinajstić information content (AvgIpc) is 0. The molecule has 0 aliphatic heterocycles. The molecule has 0 saturated heterocycles. The van der Waals surface area contributed by atoms with Gasteiger partial charge in [-0.3, -0.25) is 0 Å². The first-order chi connectivity index (χ1) is 0. The van der Waals surface area contributed by atoms with E-state index in [1.54, 1.807) is 0 Å². The fraction of sp³-hybridized carbons (Fsp3) is 0. The van der Waals surface area contributed by atoms with E-state index in [2.05, 4.69) is 0 Å². The van der Waals surface area contributed by atoms with Crippen LogP contribution in [0.1, 0.15) is 0 Å². The molecular weight excluding hydrogens is 16600 g/mol. The van der Waals surface area contributed by atoms with Gasteiger partial charge >= 0.3 is 0 Å².